The van der Waals surface area contributed by atoms with Gasteiger partial charge in [-0.15, -0.1) is 0 Å². The number of amides is 2. The number of aromatic nitrogens is 2. The molecule has 1 saturated heterocycles. The molecule has 0 aliphatic carbocycles. The van der Waals surface area contributed by atoms with Crippen molar-refractivity contribution in [3.05, 3.63) is 29.6 Å². The minimum absolute atomic E-state index is 0.0155. The fourth-order valence-corrected chi connectivity index (χ4v) is 2.98. The Morgan fingerprint density at radius 3 is 2.57 bits per heavy atom. The van der Waals surface area contributed by atoms with E-state index < -0.39 is 0 Å². The van der Waals surface area contributed by atoms with Crippen LogP contribution in [0.4, 0.5) is 0 Å². The molecule has 1 fully saturated rings. The van der Waals surface area contributed by atoms with Gasteiger partial charge in [0, 0.05) is 38.2 Å². The number of aryl methyl sites for hydroxylation is 1. The Labute approximate surface area is 135 Å². The summed E-state index contributed by atoms with van der Waals surface area (Å²) < 4.78 is 0. The molecule has 0 unspecified atom stereocenters. The Hall–Kier alpha value is -2.37. The number of piperazine rings is 1. The third-order valence-electron chi connectivity index (χ3n) is 4.23. The summed E-state index contributed by atoms with van der Waals surface area (Å²) in [5.41, 5.74) is 2.41. The molecule has 23 heavy (non-hydrogen) atoms. The average molecular weight is 314 g/mol. The summed E-state index contributed by atoms with van der Waals surface area (Å²) in [6.45, 7) is 6.33. The molecule has 6 nitrogen and oxygen atoms in total. The average Bonchev–Trinajstić information content (AvgIpc) is 2.93. The van der Waals surface area contributed by atoms with E-state index in [4.69, 9.17) is 0 Å². The molecule has 2 amide bonds. The van der Waals surface area contributed by atoms with Crippen LogP contribution in [0.15, 0.2) is 18.2 Å². The quantitative estimate of drug-likeness (QED) is 0.941. The van der Waals surface area contributed by atoms with Gasteiger partial charge in [0.1, 0.15) is 5.82 Å². The molecule has 0 atom stereocenters. The van der Waals surface area contributed by atoms with E-state index in [0.29, 0.717) is 38.2 Å². The predicted molar refractivity (Wildman–Crippen MR) is 88.2 cm³/mol. The van der Waals surface area contributed by atoms with Crippen LogP contribution in [0, 0.1) is 6.92 Å². The first-order valence-corrected chi connectivity index (χ1v) is 8.12. The number of hydrogen-bond donors (Lipinski definition) is 1. The molecule has 1 aliphatic heterocycles. The smallest absolute Gasteiger partial charge is 0.254 e. The van der Waals surface area contributed by atoms with Crippen molar-refractivity contribution in [1.82, 2.24) is 19.8 Å². The summed E-state index contributed by atoms with van der Waals surface area (Å²) in [7, 11) is 0. The van der Waals surface area contributed by atoms with Crippen LogP contribution in [0.25, 0.3) is 11.0 Å². The lowest BCUT2D eigenvalue weighted by Crippen LogP contribution is -2.50. The van der Waals surface area contributed by atoms with Gasteiger partial charge in [0.25, 0.3) is 5.91 Å². The molecule has 1 aromatic heterocycles. The second-order valence-electron chi connectivity index (χ2n) is 5.98. The van der Waals surface area contributed by atoms with Crippen molar-refractivity contribution in [2.75, 3.05) is 26.2 Å². The first-order chi connectivity index (χ1) is 11.1. The van der Waals surface area contributed by atoms with Crippen LogP contribution >= 0.6 is 0 Å². The van der Waals surface area contributed by atoms with Gasteiger partial charge in [-0.2, -0.15) is 0 Å². The molecule has 3 rings (SSSR count). The van der Waals surface area contributed by atoms with Crippen molar-refractivity contribution in [1.29, 1.82) is 0 Å². The molecular weight excluding hydrogens is 292 g/mol. The highest BCUT2D eigenvalue weighted by atomic mass is 16.2. The SMILES string of the molecule is CCCC(=O)N1CCN(C(=O)c2ccc3nc(C)[nH]c3c2)CC1. The molecule has 0 spiro atoms. The van der Waals surface area contributed by atoms with Crippen molar-refractivity contribution in [3.8, 4) is 0 Å². The monoisotopic (exact) mass is 314 g/mol. The second kappa shape index (κ2) is 6.40. The van der Waals surface area contributed by atoms with Gasteiger partial charge in [0.05, 0.1) is 11.0 Å². The zero-order valence-corrected chi connectivity index (χ0v) is 13.6. The van der Waals surface area contributed by atoms with Crippen molar-refractivity contribution in [2.24, 2.45) is 0 Å². The maximum Gasteiger partial charge on any atom is 0.254 e. The van der Waals surface area contributed by atoms with Crippen LogP contribution in [-0.2, 0) is 4.79 Å². The van der Waals surface area contributed by atoms with Gasteiger partial charge < -0.3 is 14.8 Å². The fraction of sp³-hybridized carbons (Fsp3) is 0.471. The molecule has 6 heteroatoms. The van der Waals surface area contributed by atoms with Crippen LogP contribution in [0.2, 0.25) is 0 Å². The third kappa shape index (κ3) is 3.21. The molecule has 2 heterocycles. The molecular formula is C17H22N4O2. The van der Waals surface area contributed by atoms with E-state index in [9.17, 15) is 9.59 Å². The van der Waals surface area contributed by atoms with E-state index in [1.165, 1.54) is 0 Å². The van der Waals surface area contributed by atoms with Crippen LogP contribution in [0.3, 0.4) is 0 Å². The lowest BCUT2D eigenvalue weighted by atomic mass is 10.1. The number of hydrogen-bond acceptors (Lipinski definition) is 3. The Balaban J connectivity index is 1.67. The molecule has 2 aromatic rings. The van der Waals surface area contributed by atoms with E-state index in [-0.39, 0.29) is 11.8 Å². The third-order valence-corrected chi connectivity index (χ3v) is 4.23. The van der Waals surface area contributed by atoms with E-state index in [0.717, 1.165) is 23.3 Å². The molecule has 0 radical (unpaired) electrons. The maximum atomic E-state index is 12.6. The van der Waals surface area contributed by atoms with E-state index in [2.05, 4.69) is 9.97 Å². The van der Waals surface area contributed by atoms with Gasteiger partial charge >= 0.3 is 0 Å². The Kier molecular flexibility index (Phi) is 4.32. The van der Waals surface area contributed by atoms with Crippen molar-refractivity contribution >= 4 is 22.8 Å². The second-order valence-corrected chi connectivity index (χ2v) is 5.98. The van der Waals surface area contributed by atoms with Crippen LogP contribution in [0.5, 0.6) is 0 Å². The van der Waals surface area contributed by atoms with Crippen LogP contribution in [-0.4, -0.2) is 57.8 Å². The van der Waals surface area contributed by atoms with E-state index >= 15 is 0 Å². The Bertz CT molecular complexity index is 729. The minimum atomic E-state index is 0.0155. The Morgan fingerprint density at radius 2 is 1.87 bits per heavy atom. The number of rotatable bonds is 3. The maximum absolute atomic E-state index is 12.6. The van der Waals surface area contributed by atoms with Crippen molar-refractivity contribution in [2.45, 2.75) is 26.7 Å². The van der Waals surface area contributed by atoms with Crippen LogP contribution < -0.4 is 0 Å². The lowest BCUT2D eigenvalue weighted by molar-refractivity contribution is -0.132. The van der Waals surface area contributed by atoms with E-state index in [1.54, 1.807) is 0 Å². The molecule has 0 saturated carbocycles. The van der Waals surface area contributed by atoms with E-state index in [1.807, 2.05) is 41.8 Å². The number of nitrogens with zero attached hydrogens (tertiary/aromatic N) is 3. The standard InChI is InChI=1S/C17H22N4O2/c1-3-4-16(22)20-7-9-21(10-8-20)17(23)13-5-6-14-15(11-13)19-12(2)18-14/h5-6,11H,3-4,7-10H2,1-2H3,(H,18,19). The highest BCUT2D eigenvalue weighted by Crippen LogP contribution is 2.16. The first kappa shape index (κ1) is 15.5. The number of aromatic amines is 1. The normalized spacial score (nSPS) is 15.2. The summed E-state index contributed by atoms with van der Waals surface area (Å²) >= 11 is 0. The van der Waals surface area contributed by atoms with Crippen LogP contribution in [0.1, 0.15) is 35.9 Å². The topological polar surface area (TPSA) is 69.3 Å². The number of imidazole rings is 1. The zero-order chi connectivity index (χ0) is 16.4. The predicted octanol–water partition coefficient (Wildman–Crippen LogP) is 1.96. The van der Waals surface area contributed by atoms with Gasteiger partial charge in [-0.05, 0) is 31.5 Å². The molecule has 1 aromatic carbocycles. The largest absolute Gasteiger partial charge is 0.342 e. The number of fused-ring (bicyclic) bond motifs is 1. The number of carbonyl (C=O) groups excluding carboxylic acids is 2. The lowest BCUT2D eigenvalue weighted by Gasteiger charge is -2.34. The Morgan fingerprint density at radius 1 is 1.17 bits per heavy atom. The summed E-state index contributed by atoms with van der Waals surface area (Å²) in [5.74, 6) is 1.04. The van der Waals surface area contributed by atoms with Gasteiger partial charge in [-0.25, -0.2) is 4.98 Å². The van der Waals surface area contributed by atoms with Crippen molar-refractivity contribution < 1.29 is 9.59 Å². The zero-order valence-electron chi connectivity index (χ0n) is 13.6. The highest BCUT2D eigenvalue weighted by Gasteiger charge is 2.24. The van der Waals surface area contributed by atoms with Gasteiger partial charge in [0.15, 0.2) is 0 Å². The summed E-state index contributed by atoms with van der Waals surface area (Å²) in [5, 5.41) is 0. The fourth-order valence-electron chi connectivity index (χ4n) is 2.98. The number of H-pyrrole nitrogens is 1. The number of carbonyl (C=O) groups is 2. The van der Waals surface area contributed by atoms with Gasteiger partial charge in [0.2, 0.25) is 5.91 Å². The van der Waals surface area contributed by atoms with Crippen molar-refractivity contribution in [3.63, 3.8) is 0 Å². The molecule has 0 bridgehead atoms. The number of benzene rings is 1. The first-order valence-electron chi connectivity index (χ1n) is 8.12. The molecule has 122 valence electrons. The summed E-state index contributed by atoms with van der Waals surface area (Å²) in [6, 6.07) is 5.54. The number of nitrogens with one attached hydrogen (secondary N) is 1. The summed E-state index contributed by atoms with van der Waals surface area (Å²) in [4.78, 5) is 35.7. The van der Waals surface area contributed by atoms with Gasteiger partial charge in [-0.1, -0.05) is 6.92 Å². The highest BCUT2D eigenvalue weighted by molar-refractivity contribution is 5.97. The van der Waals surface area contributed by atoms with Gasteiger partial charge in [-0.3, -0.25) is 9.59 Å². The molecule has 1 aliphatic rings. The minimum Gasteiger partial charge on any atom is -0.342 e. The summed E-state index contributed by atoms with van der Waals surface area (Å²) in [6.07, 6.45) is 1.45. The molecule has 1 N–H and O–H groups in total.